The fourth-order valence-electron chi connectivity index (χ4n) is 5.80. The van der Waals surface area contributed by atoms with Crippen molar-refractivity contribution in [1.82, 2.24) is 0 Å². The van der Waals surface area contributed by atoms with Gasteiger partial charge in [0.25, 0.3) is 0 Å². The summed E-state index contributed by atoms with van der Waals surface area (Å²) in [5.74, 6) is 0.221. The molecule has 0 bridgehead atoms. The maximum atomic E-state index is 13.6. The number of fused-ring (bicyclic) bond motifs is 2. The number of benzene rings is 2. The number of allylic oxidation sites excluding steroid dienone is 1. The number of hydrogen-bond acceptors (Lipinski definition) is 3. The van der Waals surface area contributed by atoms with Crippen LogP contribution in [0.15, 0.2) is 54.6 Å². The molecule has 0 saturated heterocycles. The molecule has 3 aromatic rings. The number of aromatic nitrogens is 1. The average molecular weight is 494 g/mol. The van der Waals surface area contributed by atoms with Crippen LogP contribution in [0.3, 0.4) is 0 Å². The fraction of sp³-hybridized carbons (Fsp3) is 0.364. The molecule has 0 atom stereocenters. The molecule has 2 aliphatic carbocycles. The number of pyridine rings is 1. The van der Waals surface area contributed by atoms with E-state index in [-0.39, 0.29) is 22.4 Å². The van der Waals surface area contributed by atoms with Gasteiger partial charge in [0, 0.05) is 62.2 Å². The molecule has 4 nitrogen and oxygen atoms in total. The second-order valence-electron chi connectivity index (χ2n) is 12.4. The molecule has 37 heavy (non-hydrogen) atoms. The number of Topliss-reactive ketones (excluding diaryl/α,β-unsaturated/α-hetero) is 2. The van der Waals surface area contributed by atoms with Crippen LogP contribution in [0.25, 0.3) is 17.3 Å². The van der Waals surface area contributed by atoms with Crippen molar-refractivity contribution in [2.45, 2.75) is 53.9 Å². The van der Waals surface area contributed by atoms with Crippen molar-refractivity contribution < 1.29 is 14.2 Å². The number of carbonyl (C=O) groups is 2. The van der Waals surface area contributed by atoms with E-state index in [0.717, 1.165) is 40.3 Å². The standard InChI is InChI=1S/C33H37N2O2/c1-21-8-12-24(13-9-21)35-28-18-32(2,3)19-29(36)25(28)17-26-30(37)20-33(4,5)27(31(26)35)16-22-10-14-23(15-11-22)34(6)7/h8-17H,18-20H2,1-7H3/q+1. The van der Waals surface area contributed by atoms with Gasteiger partial charge in [-0.25, -0.2) is 0 Å². The van der Waals surface area contributed by atoms with E-state index in [4.69, 9.17) is 0 Å². The molecule has 0 saturated carbocycles. The summed E-state index contributed by atoms with van der Waals surface area (Å²) in [5, 5.41) is 0. The summed E-state index contributed by atoms with van der Waals surface area (Å²) >= 11 is 0. The molecular formula is C33H37N2O2+. The van der Waals surface area contributed by atoms with Gasteiger partial charge in [0.15, 0.2) is 17.3 Å². The maximum Gasteiger partial charge on any atom is 0.226 e. The van der Waals surface area contributed by atoms with E-state index >= 15 is 0 Å². The summed E-state index contributed by atoms with van der Waals surface area (Å²) in [6, 6.07) is 18.8. The summed E-state index contributed by atoms with van der Waals surface area (Å²) in [6.07, 6.45) is 3.91. The fourth-order valence-corrected chi connectivity index (χ4v) is 5.80. The van der Waals surface area contributed by atoms with E-state index in [1.165, 1.54) is 5.56 Å². The highest BCUT2D eigenvalue weighted by atomic mass is 16.1. The second kappa shape index (κ2) is 8.79. The predicted molar refractivity (Wildman–Crippen MR) is 151 cm³/mol. The van der Waals surface area contributed by atoms with Crippen molar-refractivity contribution in [3.8, 4) is 5.69 Å². The Bertz CT molecular complexity index is 1440. The molecule has 0 radical (unpaired) electrons. The summed E-state index contributed by atoms with van der Waals surface area (Å²) in [7, 11) is 4.08. The summed E-state index contributed by atoms with van der Waals surface area (Å²) in [5.41, 5.74) is 8.29. The molecule has 4 heteroatoms. The first-order valence-electron chi connectivity index (χ1n) is 13.1. The van der Waals surface area contributed by atoms with Crippen LogP contribution in [0.1, 0.15) is 83.8 Å². The quantitative estimate of drug-likeness (QED) is 0.384. The van der Waals surface area contributed by atoms with Gasteiger partial charge < -0.3 is 4.90 Å². The molecule has 1 heterocycles. The Kier molecular flexibility index (Phi) is 5.97. The Labute approximate surface area is 220 Å². The minimum absolute atomic E-state index is 0.0985. The predicted octanol–water partition coefficient (Wildman–Crippen LogP) is 6.65. The van der Waals surface area contributed by atoms with Crippen LogP contribution in [-0.4, -0.2) is 25.7 Å². The van der Waals surface area contributed by atoms with Crippen LogP contribution in [0.4, 0.5) is 5.69 Å². The van der Waals surface area contributed by atoms with Crippen molar-refractivity contribution in [3.05, 3.63) is 88.2 Å². The number of aryl methyl sites for hydroxylation is 1. The zero-order valence-corrected chi connectivity index (χ0v) is 23.1. The third-order valence-corrected chi connectivity index (χ3v) is 7.83. The average Bonchev–Trinajstić information content (AvgIpc) is 2.81. The van der Waals surface area contributed by atoms with Crippen molar-refractivity contribution in [1.29, 1.82) is 0 Å². The molecule has 2 aliphatic rings. The molecule has 190 valence electrons. The lowest BCUT2D eigenvalue weighted by atomic mass is 9.69. The normalized spacial score (nSPS) is 18.9. The lowest BCUT2D eigenvalue weighted by Gasteiger charge is -2.34. The van der Waals surface area contributed by atoms with Crippen molar-refractivity contribution in [2.24, 2.45) is 10.8 Å². The summed E-state index contributed by atoms with van der Waals surface area (Å²) in [6.45, 7) is 10.7. The largest absolute Gasteiger partial charge is 0.378 e. The van der Waals surface area contributed by atoms with E-state index < -0.39 is 0 Å². The summed E-state index contributed by atoms with van der Waals surface area (Å²) < 4.78 is 2.22. The van der Waals surface area contributed by atoms with Crippen LogP contribution in [0.2, 0.25) is 0 Å². The zero-order valence-electron chi connectivity index (χ0n) is 23.1. The topological polar surface area (TPSA) is 41.3 Å². The first kappa shape index (κ1) is 25.1. The van der Waals surface area contributed by atoms with Crippen LogP contribution in [-0.2, 0) is 6.42 Å². The number of anilines is 1. The van der Waals surface area contributed by atoms with Crippen LogP contribution in [0.5, 0.6) is 0 Å². The SMILES string of the molecule is Cc1ccc(-[n+]2c3c(cc4c2C(=Cc2ccc(N(C)C)cc2)C(C)(C)CC4=O)C(=O)CC(C)(C)C3)cc1. The Morgan fingerprint density at radius 2 is 1.43 bits per heavy atom. The molecular weight excluding hydrogens is 456 g/mol. The van der Waals surface area contributed by atoms with Gasteiger partial charge in [-0.3, -0.25) is 9.59 Å². The van der Waals surface area contributed by atoms with Gasteiger partial charge in [-0.15, -0.1) is 0 Å². The number of nitrogens with zero attached hydrogens (tertiary/aromatic N) is 2. The van der Waals surface area contributed by atoms with Gasteiger partial charge in [0.2, 0.25) is 11.4 Å². The first-order valence-corrected chi connectivity index (χ1v) is 13.1. The van der Waals surface area contributed by atoms with Crippen LogP contribution in [0, 0.1) is 17.8 Å². The first-order chi connectivity index (χ1) is 17.4. The minimum atomic E-state index is -0.362. The van der Waals surface area contributed by atoms with Crippen molar-refractivity contribution in [2.75, 3.05) is 19.0 Å². The van der Waals surface area contributed by atoms with Gasteiger partial charge in [-0.2, -0.15) is 4.57 Å². The third-order valence-electron chi connectivity index (χ3n) is 7.83. The lowest BCUT2D eigenvalue weighted by Crippen LogP contribution is -2.49. The van der Waals surface area contributed by atoms with Crippen LogP contribution >= 0.6 is 0 Å². The second-order valence-corrected chi connectivity index (χ2v) is 12.4. The van der Waals surface area contributed by atoms with E-state index in [1.807, 2.05) is 20.2 Å². The van der Waals surface area contributed by atoms with E-state index in [9.17, 15) is 9.59 Å². The smallest absolute Gasteiger partial charge is 0.226 e. The highest BCUT2D eigenvalue weighted by molar-refractivity contribution is 6.08. The van der Waals surface area contributed by atoms with Gasteiger partial charge in [-0.1, -0.05) is 57.5 Å². The molecule has 1 aromatic heterocycles. The minimum Gasteiger partial charge on any atom is -0.378 e. The van der Waals surface area contributed by atoms with Crippen molar-refractivity contribution >= 4 is 28.9 Å². The highest BCUT2D eigenvalue weighted by Crippen LogP contribution is 2.46. The third kappa shape index (κ3) is 4.54. The lowest BCUT2D eigenvalue weighted by molar-refractivity contribution is -0.608. The summed E-state index contributed by atoms with van der Waals surface area (Å²) in [4.78, 5) is 29.1. The van der Waals surface area contributed by atoms with Gasteiger partial charge in [0.1, 0.15) is 0 Å². The monoisotopic (exact) mass is 493 g/mol. The molecule has 5 rings (SSSR count). The van der Waals surface area contributed by atoms with Gasteiger partial charge in [-0.05, 0) is 42.2 Å². The van der Waals surface area contributed by atoms with Gasteiger partial charge >= 0.3 is 0 Å². The molecule has 0 unspecified atom stereocenters. The Morgan fingerprint density at radius 3 is 2.05 bits per heavy atom. The highest BCUT2D eigenvalue weighted by Gasteiger charge is 2.46. The Hall–Kier alpha value is -3.53. The Balaban J connectivity index is 1.85. The number of rotatable bonds is 3. The molecule has 0 spiro atoms. The van der Waals surface area contributed by atoms with Crippen molar-refractivity contribution in [3.63, 3.8) is 0 Å². The number of carbonyl (C=O) groups excluding carboxylic acids is 2. The molecule has 0 fully saturated rings. The molecule has 0 N–H and O–H groups in total. The molecule has 0 aliphatic heterocycles. The van der Waals surface area contributed by atoms with E-state index in [0.29, 0.717) is 24.0 Å². The molecule has 2 aromatic carbocycles. The van der Waals surface area contributed by atoms with E-state index in [2.05, 4.69) is 98.7 Å². The van der Waals surface area contributed by atoms with Gasteiger partial charge in [0.05, 0.1) is 11.1 Å². The Morgan fingerprint density at radius 1 is 0.811 bits per heavy atom. The number of ketones is 2. The van der Waals surface area contributed by atoms with E-state index in [1.54, 1.807) is 0 Å². The number of hydrogen-bond donors (Lipinski definition) is 0. The zero-order chi connectivity index (χ0) is 26.7. The maximum absolute atomic E-state index is 13.6. The van der Waals surface area contributed by atoms with Crippen LogP contribution < -0.4 is 9.47 Å². The molecule has 0 amide bonds.